The van der Waals surface area contributed by atoms with Crippen LogP contribution in [0.15, 0.2) is 168 Å². The Morgan fingerprint density at radius 1 is 0.434 bits per heavy atom. The largest absolute Gasteiger partial charge is 0.456 e. The zero-order valence-electron chi connectivity index (χ0n) is 28.2. The van der Waals surface area contributed by atoms with E-state index >= 15 is 0 Å². The lowest BCUT2D eigenvalue weighted by molar-refractivity contribution is 0.669. The van der Waals surface area contributed by atoms with Gasteiger partial charge in [0, 0.05) is 43.7 Å². The summed E-state index contributed by atoms with van der Waals surface area (Å²) in [6.07, 6.45) is 0. The van der Waals surface area contributed by atoms with Gasteiger partial charge in [-0.15, -0.1) is 5.10 Å². The first-order valence-corrected chi connectivity index (χ1v) is 17.8. The fraction of sp³-hybridized carbons (Fsp3) is 0. The number of benzene rings is 8. The molecule has 0 saturated heterocycles. The smallest absolute Gasteiger partial charge is 0.253 e. The molecule has 12 rings (SSSR count). The van der Waals surface area contributed by atoms with Crippen LogP contribution in [0, 0.1) is 0 Å². The second-order valence-corrected chi connectivity index (χ2v) is 13.7. The Bertz CT molecular complexity index is 3380. The van der Waals surface area contributed by atoms with Crippen molar-refractivity contribution in [1.29, 1.82) is 0 Å². The van der Waals surface area contributed by atoms with Gasteiger partial charge in [0.1, 0.15) is 11.2 Å². The van der Waals surface area contributed by atoms with Gasteiger partial charge in [-0.25, -0.2) is 4.98 Å². The Balaban J connectivity index is 1.05. The Kier molecular flexibility index (Phi) is 5.68. The molecule has 0 amide bonds. The van der Waals surface area contributed by atoms with E-state index in [4.69, 9.17) is 19.5 Å². The van der Waals surface area contributed by atoms with Crippen LogP contribution in [-0.2, 0) is 0 Å². The number of rotatable bonds is 3. The van der Waals surface area contributed by atoms with Crippen LogP contribution >= 0.6 is 0 Å². The van der Waals surface area contributed by atoms with Crippen LogP contribution in [0.5, 0.6) is 0 Å². The second kappa shape index (κ2) is 10.6. The summed E-state index contributed by atoms with van der Waals surface area (Å²) >= 11 is 0. The highest BCUT2D eigenvalue weighted by atomic mass is 16.3. The molecular formula is C47H27N5O. The molecule has 0 saturated carbocycles. The SMILES string of the molecule is c1cc(-c2nc3nc(-c4ccc5c(c4)oc4ccccc45)c4ccccc4n3n2)cc(-n2c3ccc4ccccc4c3c3c4ccccc4ccc32)c1. The van der Waals surface area contributed by atoms with Crippen molar-refractivity contribution in [3.63, 3.8) is 0 Å². The number of para-hydroxylation sites is 2. The van der Waals surface area contributed by atoms with Gasteiger partial charge in [-0.2, -0.15) is 9.50 Å². The minimum Gasteiger partial charge on any atom is -0.456 e. The van der Waals surface area contributed by atoms with Crippen LogP contribution in [0.3, 0.4) is 0 Å². The van der Waals surface area contributed by atoms with Crippen molar-refractivity contribution in [2.24, 2.45) is 0 Å². The Labute approximate surface area is 301 Å². The first-order chi connectivity index (χ1) is 26.3. The molecule has 0 unspecified atom stereocenters. The van der Waals surface area contributed by atoms with Gasteiger partial charge in [0.05, 0.1) is 22.2 Å². The van der Waals surface area contributed by atoms with Crippen molar-refractivity contribution in [2.75, 3.05) is 0 Å². The summed E-state index contributed by atoms with van der Waals surface area (Å²) in [5, 5.41) is 15.7. The van der Waals surface area contributed by atoms with Crippen molar-refractivity contribution < 1.29 is 4.42 Å². The zero-order chi connectivity index (χ0) is 34.6. The molecule has 6 heteroatoms. The van der Waals surface area contributed by atoms with E-state index in [1.165, 1.54) is 32.3 Å². The molecule has 6 nitrogen and oxygen atoms in total. The summed E-state index contributed by atoms with van der Waals surface area (Å²) in [4.78, 5) is 10.2. The van der Waals surface area contributed by atoms with E-state index in [2.05, 4.69) is 138 Å². The van der Waals surface area contributed by atoms with Crippen LogP contribution in [0.25, 0.3) is 110 Å². The van der Waals surface area contributed by atoms with Crippen LogP contribution < -0.4 is 0 Å². The highest BCUT2D eigenvalue weighted by molar-refractivity contribution is 6.28. The fourth-order valence-corrected chi connectivity index (χ4v) is 8.38. The lowest BCUT2D eigenvalue weighted by Crippen LogP contribution is -1.97. The third-order valence-corrected chi connectivity index (χ3v) is 10.7. The maximum Gasteiger partial charge on any atom is 0.253 e. The molecule has 4 aromatic heterocycles. The molecule has 12 aromatic rings. The molecule has 0 aliphatic rings. The predicted octanol–water partition coefficient (Wildman–Crippen LogP) is 11.9. The van der Waals surface area contributed by atoms with Gasteiger partial charge in [-0.05, 0) is 70.1 Å². The second-order valence-electron chi connectivity index (χ2n) is 13.7. The molecule has 0 N–H and O–H groups in total. The molecule has 0 aliphatic carbocycles. The highest BCUT2D eigenvalue weighted by Gasteiger charge is 2.20. The summed E-state index contributed by atoms with van der Waals surface area (Å²) in [5.41, 5.74) is 8.74. The molecule has 0 bridgehead atoms. The summed E-state index contributed by atoms with van der Waals surface area (Å²) < 4.78 is 10.5. The summed E-state index contributed by atoms with van der Waals surface area (Å²) in [5.74, 6) is 1.16. The number of hydrogen-bond donors (Lipinski definition) is 0. The minimum atomic E-state index is 0.540. The maximum atomic E-state index is 6.25. The number of hydrogen-bond acceptors (Lipinski definition) is 4. The first-order valence-electron chi connectivity index (χ1n) is 17.8. The lowest BCUT2D eigenvalue weighted by Gasteiger charge is -2.10. The van der Waals surface area contributed by atoms with E-state index < -0.39 is 0 Å². The number of fused-ring (bicyclic) bond motifs is 13. The van der Waals surface area contributed by atoms with Gasteiger partial charge >= 0.3 is 0 Å². The average molecular weight is 678 g/mol. The van der Waals surface area contributed by atoms with Crippen molar-refractivity contribution in [3.05, 3.63) is 164 Å². The highest BCUT2D eigenvalue weighted by Crippen LogP contribution is 2.41. The van der Waals surface area contributed by atoms with Gasteiger partial charge in [0.2, 0.25) is 0 Å². The standard InChI is InChI=1S/C47H27N5O/c1-3-14-33-28(10-1)21-24-39-43(33)44-34-15-4-2-11-29(34)22-25-40(44)51(39)32-13-9-12-31(26-32)46-49-47-48-45(37-17-5-7-18-38(37)52(47)50-46)30-20-23-36-35-16-6-8-19-41(35)53-42(36)27-30/h1-27H. The summed E-state index contributed by atoms with van der Waals surface area (Å²) in [6.45, 7) is 0. The van der Waals surface area contributed by atoms with Crippen LogP contribution in [0.4, 0.5) is 0 Å². The molecule has 4 heterocycles. The van der Waals surface area contributed by atoms with Gasteiger partial charge in [0.25, 0.3) is 5.78 Å². The predicted molar refractivity (Wildman–Crippen MR) is 216 cm³/mol. The normalized spacial score (nSPS) is 12.2. The number of furan rings is 1. The summed E-state index contributed by atoms with van der Waals surface area (Å²) in [7, 11) is 0. The monoisotopic (exact) mass is 677 g/mol. The Morgan fingerprint density at radius 2 is 1.09 bits per heavy atom. The third-order valence-electron chi connectivity index (χ3n) is 10.7. The van der Waals surface area contributed by atoms with Crippen LogP contribution in [0.1, 0.15) is 0 Å². The van der Waals surface area contributed by atoms with E-state index in [1.54, 1.807) is 0 Å². The summed E-state index contributed by atoms with van der Waals surface area (Å²) in [6, 6.07) is 57.5. The van der Waals surface area contributed by atoms with Gasteiger partial charge in [0.15, 0.2) is 5.82 Å². The number of aromatic nitrogens is 5. The molecule has 0 fully saturated rings. The molecule has 0 radical (unpaired) electrons. The third kappa shape index (κ3) is 4.06. The van der Waals surface area contributed by atoms with Crippen LogP contribution in [0.2, 0.25) is 0 Å². The van der Waals surface area contributed by atoms with Crippen molar-refractivity contribution in [3.8, 4) is 28.3 Å². The van der Waals surface area contributed by atoms with Crippen LogP contribution in [-0.4, -0.2) is 24.1 Å². The van der Waals surface area contributed by atoms with E-state index in [-0.39, 0.29) is 0 Å². The number of nitrogens with zero attached hydrogens (tertiary/aromatic N) is 5. The lowest BCUT2D eigenvalue weighted by atomic mass is 10.00. The van der Waals surface area contributed by atoms with Gasteiger partial charge < -0.3 is 8.98 Å². The van der Waals surface area contributed by atoms with Gasteiger partial charge in [-0.1, -0.05) is 115 Å². The first kappa shape index (κ1) is 28.4. The van der Waals surface area contributed by atoms with E-state index in [1.807, 2.05) is 34.8 Å². The molecular weight excluding hydrogens is 651 g/mol. The molecule has 0 spiro atoms. The molecule has 246 valence electrons. The molecule has 53 heavy (non-hydrogen) atoms. The van der Waals surface area contributed by atoms with E-state index in [0.29, 0.717) is 11.6 Å². The Morgan fingerprint density at radius 3 is 1.87 bits per heavy atom. The fourth-order valence-electron chi connectivity index (χ4n) is 8.38. The molecule has 0 atom stereocenters. The quantitative estimate of drug-likeness (QED) is 0.187. The minimum absolute atomic E-state index is 0.540. The zero-order valence-corrected chi connectivity index (χ0v) is 28.2. The van der Waals surface area contributed by atoms with Crippen molar-refractivity contribution in [1.82, 2.24) is 24.1 Å². The van der Waals surface area contributed by atoms with E-state index in [0.717, 1.165) is 66.4 Å². The average Bonchev–Trinajstić information content (AvgIpc) is 3.92. The van der Waals surface area contributed by atoms with Crippen molar-refractivity contribution in [2.45, 2.75) is 0 Å². The molecule has 0 aliphatic heterocycles. The Hall–Kier alpha value is -7.31. The van der Waals surface area contributed by atoms with Gasteiger partial charge in [-0.3, -0.25) is 0 Å². The van der Waals surface area contributed by atoms with Crippen molar-refractivity contribution >= 4 is 82.0 Å². The topological polar surface area (TPSA) is 61.1 Å². The maximum absolute atomic E-state index is 6.25. The van der Waals surface area contributed by atoms with E-state index in [9.17, 15) is 0 Å². The molecule has 8 aromatic carbocycles.